The second-order valence-corrected chi connectivity index (χ2v) is 10.0. The van der Waals surface area contributed by atoms with E-state index in [4.69, 9.17) is 11.6 Å². The Morgan fingerprint density at radius 1 is 1.06 bits per heavy atom. The van der Waals surface area contributed by atoms with Crippen molar-refractivity contribution in [3.05, 3.63) is 57.6 Å². The van der Waals surface area contributed by atoms with E-state index in [-0.39, 0.29) is 28.1 Å². The van der Waals surface area contributed by atoms with E-state index >= 15 is 0 Å². The minimum Gasteiger partial charge on any atom is -0.366 e. The molecule has 0 saturated heterocycles. The Hall–Kier alpha value is -2.60. The van der Waals surface area contributed by atoms with Crippen LogP contribution >= 0.6 is 11.6 Å². The van der Waals surface area contributed by atoms with Gasteiger partial charge in [0.25, 0.3) is 5.91 Å². The van der Waals surface area contributed by atoms with Crippen LogP contribution in [0.25, 0.3) is 0 Å². The smallest absolute Gasteiger partial charge is 0.366 e. The Morgan fingerprint density at radius 3 is 2.06 bits per heavy atom. The number of hydrogen-bond acceptors (Lipinski definition) is 3. The molecule has 0 radical (unpaired) electrons. The lowest BCUT2D eigenvalue weighted by Gasteiger charge is -2.14. The molecule has 0 aliphatic heterocycles. The number of halogens is 7. The van der Waals surface area contributed by atoms with E-state index in [9.17, 15) is 35.3 Å². The third-order valence-corrected chi connectivity index (χ3v) is 6.71. The number of nitrogens with zero attached hydrogens (tertiary/aromatic N) is 3. The van der Waals surface area contributed by atoms with Gasteiger partial charge in [-0.3, -0.25) is 4.79 Å². The lowest BCUT2D eigenvalue weighted by atomic mass is 10.0. The molecule has 0 bridgehead atoms. The van der Waals surface area contributed by atoms with Gasteiger partial charge in [-0.1, -0.05) is 11.6 Å². The summed E-state index contributed by atoms with van der Waals surface area (Å²) >= 11 is 6.20. The molecule has 34 heavy (non-hydrogen) atoms. The van der Waals surface area contributed by atoms with Crippen molar-refractivity contribution in [1.29, 1.82) is 0 Å². The molecule has 0 spiro atoms. The topological polar surface area (TPSA) is 62.1 Å². The molecule has 0 saturated carbocycles. The highest BCUT2D eigenvalue weighted by Gasteiger charge is 2.37. The molecule has 5 nitrogen and oxygen atoms in total. The van der Waals surface area contributed by atoms with Gasteiger partial charge in [0.2, 0.25) is 0 Å². The van der Waals surface area contributed by atoms with Crippen molar-refractivity contribution in [2.45, 2.75) is 31.1 Å². The minimum atomic E-state index is -5.14. The first-order valence-electron chi connectivity index (χ1n) is 9.56. The Morgan fingerprint density at radius 2 is 1.59 bits per heavy atom. The maximum absolute atomic E-state index is 13.2. The van der Waals surface area contributed by atoms with Crippen molar-refractivity contribution in [3.63, 3.8) is 0 Å². The highest BCUT2D eigenvalue weighted by molar-refractivity contribution is 7.93. The van der Waals surface area contributed by atoms with Crippen molar-refractivity contribution < 1.29 is 35.3 Å². The van der Waals surface area contributed by atoms with Gasteiger partial charge in [-0.2, -0.15) is 30.7 Å². The third-order valence-electron chi connectivity index (χ3n) is 4.64. The summed E-state index contributed by atoms with van der Waals surface area (Å²) in [4.78, 5) is 18.5. The number of aryl methyl sites for hydroxylation is 1. The molecule has 0 aliphatic carbocycles. The van der Waals surface area contributed by atoms with Gasteiger partial charge in [-0.15, -0.1) is 0 Å². The van der Waals surface area contributed by atoms with Crippen LogP contribution in [-0.2, 0) is 22.1 Å². The summed E-state index contributed by atoms with van der Waals surface area (Å²) in [7, 11) is -1.82. The summed E-state index contributed by atoms with van der Waals surface area (Å²) in [6.45, 7) is 4.10. The van der Waals surface area contributed by atoms with Crippen molar-refractivity contribution >= 4 is 39.3 Å². The quantitative estimate of drug-likeness (QED) is 0.250. The molecule has 186 valence electrons. The van der Waals surface area contributed by atoms with Crippen LogP contribution in [0.4, 0.5) is 32.0 Å². The average molecular weight is 528 g/mol. The molecule has 0 N–H and O–H groups in total. The first-order chi connectivity index (χ1) is 15.5. The number of alkyl halides is 6. The van der Waals surface area contributed by atoms with Gasteiger partial charge in [-0.25, -0.2) is 9.20 Å². The van der Waals surface area contributed by atoms with E-state index in [2.05, 4.69) is 9.36 Å². The molecule has 1 unspecified atom stereocenters. The van der Waals surface area contributed by atoms with Crippen molar-refractivity contribution in [1.82, 2.24) is 4.90 Å². The van der Waals surface area contributed by atoms with Crippen LogP contribution in [-0.4, -0.2) is 41.2 Å². The van der Waals surface area contributed by atoms with E-state index in [0.717, 1.165) is 6.26 Å². The average Bonchev–Trinajstić information content (AvgIpc) is 2.71. The van der Waals surface area contributed by atoms with Gasteiger partial charge < -0.3 is 4.90 Å². The number of carbonyl (C=O) groups is 1. The largest absolute Gasteiger partial charge is 0.416 e. The molecule has 2 rings (SSSR count). The van der Waals surface area contributed by atoms with Crippen molar-refractivity contribution in [3.8, 4) is 0 Å². The van der Waals surface area contributed by atoms with Crippen LogP contribution in [0.15, 0.2) is 44.6 Å². The zero-order chi connectivity index (χ0) is 26.1. The van der Waals surface area contributed by atoms with E-state index in [1.165, 1.54) is 25.4 Å². The number of amides is 1. The molecule has 1 atom stereocenters. The molecule has 0 heterocycles. The molecule has 13 heteroatoms. The van der Waals surface area contributed by atoms with Gasteiger partial charge in [0.05, 0.1) is 42.8 Å². The predicted octanol–water partition coefficient (Wildman–Crippen LogP) is 6.59. The minimum absolute atomic E-state index is 0.00309. The number of carbonyl (C=O) groups excluding carboxylic acids is 1. The molecule has 1 amide bonds. The van der Waals surface area contributed by atoms with Crippen LogP contribution in [0.5, 0.6) is 0 Å². The number of aliphatic imine (C=N–C) groups is 1. The molecule has 0 aromatic heterocycles. The molecule has 2 aromatic rings. The highest BCUT2D eigenvalue weighted by Crippen LogP contribution is 2.37. The van der Waals surface area contributed by atoms with E-state index in [1.807, 2.05) is 6.92 Å². The third kappa shape index (κ3) is 6.72. The van der Waals surface area contributed by atoms with E-state index in [0.29, 0.717) is 17.8 Å². The SMILES string of the molecule is CCN(C)/C=N/c1cc(C)c(S(C)(=O)=NC(=O)c2cc(C(F)(F)F)cc(C(F)(F)F)c2)cc1Cl. The molecule has 0 fully saturated rings. The Balaban J connectivity index is 2.57. The van der Waals surface area contributed by atoms with Gasteiger partial charge in [0.15, 0.2) is 0 Å². The van der Waals surface area contributed by atoms with Crippen molar-refractivity contribution in [2.24, 2.45) is 9.36 Å². The van der Waals surface area contributed by atoms with Crippen LogP contribution in [0.3, 0.4) is 0 Å². The number of benzene rings is 2. The molecule has 2 aromatic carbocycles. The summed E-state index contributed by atoms with van der Waals surface area (Å²) in [6, 6.07) is 3.09. The monoisotopic (exact) mass is 527 g/mol. The summed E-state index contributed by atoms with van der Waals surface area (Å²) in [5.74, 6) is -1.49. The van der Waals surface area contributed by atoms with Gasteiger partial charge >= 0.3 is 12.4 Å². The highest BCUT2D eigenvalue weighted by atomic mass is 35.5. The summed E-state index contributed by atoms with van der Waals surface area (Å²) in [5.41, 5.74) is -3.66. The Kier molecular flexibility index (Phi) is 8.09. The van der Waals surface area contributed by atoms with E-state index < -0.39 is 44.7 Å². The van der Waals surface area contributed by atoms with Crippen LogP contribution in [0.1, 0.15) is 34.0 Å². The van der Waals surface area contributed by atoms with Crippen LogP contribution < -0.4 is 0 Å². The normalized spacial score (nSPS) is 14.2. The van der Waals surface area contributed by atoms with E-state index in [1.54, 1.807) is 11.9 Å². The van der Waals surface area contributed by atoms with Gasteiger partial charge in [-0.05, 0) is 49.7 Å². The van der Waals surface area contributed by atoms with Crippen molar-refractivity contribution in [2.75, 3.05) is 19.8 Å². The molecular weight excluding hydrogens is 508 g/mol. The predicted molar refractivity (Wildman–Crippen MR) is 118 cm³/mol. The Labute approximate surface area is 197 Å². The first-order valence-corrected chi connectivity index (χ1v) is 11.9. The second kappa shape index (κ2) is 9.95. The van der Waals surface area contributed by atoms with Crippen LogP contribution in [0, 0.1) is 6.92 Å². The van der Waals surface area contributed by atoms with Gasteiger partial charge in [0, 0.05) is 25.4 Å². The maximum Gasteiger partial charge on any atom is 0.416 e. The standard InChI is InChI=1S/C21H20ClF6N3O2S/c1-5-31(3)11-29-17-6-12(2)18(10-16(17)22)34(4,33)30-19(32)13-7-14(20(23,24)25)9-15(8-13)21(26,27)28/h6-11H,5H2,1-4H3/b29-11+. The lowest BCUT2D eigenvalue weighted by molar-refractivity contribution is -0.143. The number of hydrogen-bond donors (Lipinski definition) is 0. The molecular formula is C21H20ClF6N3O2S. The fourth-order valence-electron chi connectivity index (χ4n) is 2.74. The zero-order valence-corrected chi connectivity index (χ0v) is 20.0. The maximum atomic E-state index is 13.2. The Bertz CT molecular complexity index is 1220. The second-order valence-electron chi connectivity index (χ2n) is 7.38. The molecule has 0 aliphatic rings. The van der Waals surface area contributed by atoms with Gasteiger partial charge in [0.1, 0.15) is 0 Å². The summed E-state index contributed by atoms with van der Waals surface area (Å²) in [5, 5.41) is 0.0667. The summed E-state index contributed by atoms with van der Waals surface area (Å²) < 4.78 is 95.1. The number of rotatable bonds is 5. The van der Waals surface area contributed by atoms with Crippen LogP contribution in [0.2, 0.25) is 5.02 Å². The zero-order valence-electron chi connectivity index (χ0n) is 18.4. The lowest BCUT2D eigenvalue weighted by Crippen LogP contribution is -2.14. The fourth-order valence-corrected chi connectivity index (χ4v) is 4.53. The first kappa shape index (κ1) is 27.6. The fraction of sp³-hybridized carbons (Fsp3) is 0.333. The summed E-state index contributed by atoms with van der Waals surface area (Å²) in [6.07, 6.45) is -7.73.